The Balaban J connectivity index is 2.06. The number of para-hydroxylation sites is 2. The van der Waals surface area contributed by atoms with E-state index in [-0.39, 0.29) is 0 Å². The van der Waals surface area contributed by atoms with Gasteiger partial charge in [-0.05, 0) is 18.6 Å². The zero-order valence-electron chi connectivity index (χ0n) is 10.2. The van der Waals surface area contributed by atoms with Gasteiger partial charge in [0.15, 0.2) is 0 Å². The number of nitrogens with zero attached hydrogens (tertiary/aromatic N) is 1. The minimum absolute atomic E-state index is 0.701. The molecule has 1 aromatic rings. The second kappa shape index (κ2) is 6.30. The molecule has 0 amide bonds. The van der Waals surface area contributed by atoms with E-state index in [9.17, 15) is 0 Å². The highest BCUT2D eigenvalue weighted by Crippen LogP contribution is 2.28. The van der Waals surface area contributed by atoms with Crippen LogP contribution in [0.1, 0.15) is 6.42 Å². The molecular formula is C14H20N2O. The van der Waals surface area contributed by atoms with Crippen LogP contribution in [0, 0.1) is 0 Å². The number of hydrogen-bond acceptors (Lipinski definition) is 3. The van der Waals surface area contributed by atoms with E-state index in [1.54, 1.807) is 0 Å². The van der Waals surface area contributed by atoms with Crippen LogP contribution >= 0.6 is 0 Å². The molecule has 1 N–H and O–H groups in total. The van der Waals surface area contributed by atoms with Crippen molar-refractivity contribution in [2.45, 2.75) is 6.42 Å². The van der Waals surface area contributed by atoms with Crippen molar-refractivity contribution in [1.29, 1.82) is 0 Å². The van der Waals surface area contributed by atoms with Crippen LogP contribution in [-0.2, 0) is 0 Å². The lowest BCUT2D eigenvalue weighted by Crippen LogP contribution is -2.43. The standard InChI is InChI=1S/C14H20N2O/c1-2-3-12-17-14-7-5-4-6-13(14)16-10-8-15-9-11-16/h2,4-7,15H,1,3,8-12H2. The third-order valence-corrected chi connectivity index (χ3v) is 2.90. The maximum atomic E-state index is 5.80. The Morgan fingerprint density at radius 3 is 2.82 bits per heavy atom. The van der Waals surface area contributed by atoms with Crippen molar-refractivity contribution in [2.24, 2.45) is 0 Å². The summed E-state index contributed by atoms with van der Waals surface area (Å²) in [6, 6.07) is 8.27. The number of rotatable bonds is 5. The van der Waals surface area contributed by atoms with Crippen molar-refractivity contribution in [3.63, 3.8) is 0 Å². The van der Waals surface area contributed by atoms with Crippen LogP contribution in [0.15, 0.2) is 36.9 Å². The molecule has 1 aromatic carbocycles. The summed E-state index contributed by atoms with van der Waals surface area (Å²) in [5.41, 5.74) is 1.21. The molecule has 0 saturated carbocycles. The lowest BCUT2D eigenvalue weighted by molar-refractivity contribution is 0.325. The van der Waals surface area contributed by atoms with E-state index in [1.807, 2.05) is 18.2 Å². The molecule has 0 radical (unpaired) electrons. The highest BCUT2D eigenvalue weighted by Gasteiger charge is 2.14. The molecule has 0 aromatic heterocycles. The van der Waals surface area contributed by atoms with Crippen LogP contribution in [0.4, 0.5) is 5.69 Å². The first-order valence-corrected chi connectivity index (χ1v) is 6.20. The molecule has 0 bridgehead atoms. The second-order valence-electron chi connectivity index (χ2n) is 4.13. The lowest BCUT2D eigenvalue weighted by atomic mass is 10.2. The van der Waals surface area contributed by atoms with E-state index >= 15 is 0 Å². The van der Waals surface area contributed by atoms with E-state index in [4.69, 9.17) is 4.74 Å². The molecule has 1 saturated heterocycles. The summed E-state index contributed by atoms with van der Waals surface area (Å²) in [5.74, 6) is 0.983. The van der Waals surface area contributed by atoms with Gasteiger partial charge in [0, 0.05) is 26.2 Å². The number of anilines is 1. The Kier molecular flexibility index (Phi) is 4.45. The highest BCUT2D eigenvalue weighted by atomic mass is 16.5. The summed E-state index contributed by atoms with van der Waals surface area (Å²) >= 11 is 0. The smallest absolute Gasteiger partial charge is 0.142 e. The topological polar surface area (TPSA) is 24.5 Å². The van der Waals surface area contributed by atoms with Crippen molar-refractivity contribution in [1.82, 2.24) is 5.32 Å². The maximum absolute atomic E-state index is 5.80. The van der Waals surface area contributed by atoms with Crippen LogP contribution in [0.3, 0.4) is 0 Å². The molecule has 0 spiro atoms. The molecule has 0 unspecified atom stereocenters. The Hall–Kier alpha value is -1.48. The Bertz CT molecular complexity index is 359. The average Bonchev–Trinajstić information content (AvgIpc) is 2.41. The predicted octanol–water partition coefficient (Wildman–Crippen LogP) is 2.05. The summed E-state index contributed by atoms with van der Waals surface area (Å²) in [5, 5.41) is 3.36. The summed E-state index contributed by atoms with van der Waals surface area (Å²) < 4.78 is 5.80. The molecular weight excluding hydrogens is 212 g/mol. The van der Waals surface area contributed by atoms with Gasteiger partial charge in [0.2, 0.25) is 0 Å². The molecule has 1 heterocycles. The Morgan fingerprint density at radius 1 is 1.29 bits per heavy atom. The minimum atomic E-state index is 0.701. The van der Waals surface area contributed by atoms with Crippen molar-refractivity contribution in [3.8, 4) is 5.75 Å². The molecule has 1 aliphatic rings. The number of ether oxygens (including phenoxy) is 1. The fraction of sp³-hybridized carbons (Fsp3) is 0.429. The van der Waals surface area contributed by atoms with Crippen molar-refractivity contribution >= 4 is 5.69 Å². The number of piperazine rings is 1. The predicted molar refractivity (Wildman–Crippen MR) is 71.8 cm³/mol. The summed E-state index contributed by atoms with van der Waals surface area (Å²) in [6.07, 6.45) is 2.77. The second-order valence-corrected chi connectivity index (χ2v) is 4.13. The van der Waals surface area contributed by atoms with Gasteiger partial charge in [-0.15, -0.1) is 6.58 Å². The lowest BCUT2D eigenvalue weighted by Gasteiger charge is -2.30. The molecule has 92 valence electrons. The van der Waals surface area contributed by atoms with E-state index in [0.29, 0.717) is 6.61 Å². The van der Waals surface area contributed by atoms with E-state index in [0.717, 1.165) is 38.3 Å². The van der Waals surface area contributed by atoms with Crippen LogP contribution in [0.2, 0.25) is 0 Å². The zero-order valence-corrected chi connectivity index (χ0v) is 10.2. The number of benzene rings is 1. The third-order valence-electron chi connectivity index (χ3n) is 2.90. The summed E-state index contributed by atoms with van der Waals surface area (Å²) in [6.45, 7) is 8.58. The normalized spacial score (nSPS) is 15.6. The van der Waals surface area contributed by atoms with Crippen LogP contribution in [-0.4, -0.2) is 32.8 Å². The van der Waals surface area contributed by atoms with Crippen LogP contribution in [0.25, 0.3) is 0 Å². The monoisotopic (exact) mass is 232 g/mol. The van der Waals surface area contributed by atoms with Gasteiger partial charge in [0.25, 0.3) is 0 Å². The molecule has 3 nitrogen and oxygen atoms in total. The van der Waals surface area contributed by atoms with Gasteiger partial charge in [0.1, 0.15) is 5.75 Å². The first-order valence-electron chi connectivity index (χ1n) is 6.20. The van der Waals surface area contributed by atoms with Crippen molar-refractivity contribution in [2.75, 3.05) is 37.7 Å². The molecule has 2 rings (SSSR count). The number of nitrogens with one attached hydrogen (secondary N) is 1. The molecule has 0 atom stereocenters. The first-order chi connectivity index (χ1) is 8.42. The van der Waals surface area contributed by atoms with Gasteiger partial charge >= 0.3 is 0 Å². The highest BCUT2D eigenvalue weighted by molar-refractivity contribution is 5.58. The average molecular weight is 232 g/mol. The van der Waals surface area contributed by atoms with Gasteiger partial charge in [-0.2, -0.15) is 0 Å². The van der Waals surface area contributed by atoms with Gasteiger partial charge in [0.05, 0.1) is 12.3 Å². The molecule has 1 fully saturated rings. The summed E-state index contributed by atoms with van der Waals surface area (Å²) in [7, 11) is 0. The fourth-order valence-corrected chi connectivity index (χ4v) is 2.00. The first kappa shape index (κ1) is 12.0. The summed E-state index contributed by atoms with van der Waals surface area (Å²) in [4.78, 5) is 2.37. The van der Waals surface area contributed by atoms with E-state index in [1.165, 1.54) is 5.69 Å². The SMILES string of the molecule is C=CCCOc1ccccc1N1CCNCC1. The van der Waals surface area contributed by atoms with Gasteiger partial charge in [-0.25, -0.2) is 0 Å². The Morgan fingerprint density at radius 2 is 2.06 bits per heavy atom. The van der Waals surface area contributed by atoms with Gasteiger partial charge in [-0.1, -0.05) is 18.2 Å². The fourth-order valence-electron chi connectivity index (χ4n) is 2.00. The van der Waals surface area contributed by atoms with E-state index in [2.05, 4.69) is 28.9 Å². The quantitative estimate of drug-likeness (QED) is 0.621. The van der Waals surface area contributed by atoms with E-state index < -0.39 is 0 Å². The Labute approximate surface area is 103 Å². The van der Waals surface area contributed by atoms with Gasteiger partial charge in [-0.3, -0.25) is 0 Å². The van der Waals surface area contributed by atoms with Crippen molar-refractivity contribution in [3.05, 3.63) is 36.9 Å². The van der Waals surface area contributed by atoms with Crippen LogP contribution < -0.4 is 15.0 Å². The zero-order chi connectivity index (χ0) is 11.9. The molecule has 17 heavy (non-hydrogen) atoms. The van der Waals surface area contributed by atoms with Crippen molar-refractivity contribution < 1.29 is 4.74 Å². The molecule has 0 aliphatic carbocycles. The van der Waals surface area contributed by atoms with Crippen LogP contribution in [0.5, 0.6) is 5.75 Å². The number of hydrogen-bond donors (Lipinski definition) is 1. The minimum Gasteiger partial charge on any atom is -0.491 e. The maximum Gasteiger partial charge on any atom is 0.142 e. The van der Waals surface area contributed by atoms with Gasteiger partial charge < -0.3 is 15.0 Å². The third kappa shape index (κ3) is 3.24. The molecule has 3 heteroatoms. The largest absolute Gasteiger partial charge is 0.491 e. The molecule has 1 aliphatic heterocycles.